The van der Waals surface area contributed by atoms with Crippen molar-refractivity contribution >= 4 is 34.3 Å². The largest absolute Gasteiger partial charge is 0.390 e. The summed E-state index contributed by atoms with van der Waals surface area (Å²) in [5.74, 6) is -1.84. The van der Waals surface area contributed by atoms with E-state index in [9.17, 15) is 14.7 Å². The minimum Gasteiger partial charge on any atom is -0.390 e. The molecule has 1 saturated heterocycles. The molecule has 1 aromatic carbocycles. The summed E-state index contributed by atoms with van der Waals surface area (Å²) in [6, 6.07) is 10.2. The minimum atomic E-state index is -2.18. The van der Waals surface area contributed by atoms with Gasteiger partial charge in [0.1, 0.15) is 6.17 Å². The average molecular weight is 592 g/mol. The lowest BCUT2D eigenvalue weighted by Crippen LogP contribution is -2.70. The number of carbonyl (C=O) groups excluding carboxylic acids is 2. The van der Waals surface area contributed by atoms with E-state index >= 15 is 8.78 Å². The zero-order valence-electron chi connectivity index (χ0n) is 22.8. The third-order valence-corrected chi connectivity index (χ3v) is 11.9. The molecule has 0 unspecified atom stereocenters. The maximum absolute atomic E-state index is 17.5. The molecule has 4 aliphatic carbocycles. The van der Waals surface area contributed by atoms with E-state index in [2.05, 4.69) is 12.1 Å². The summed E-state index contributed by atoms with van der Waals surface area (Å²) in [6.07, 6.45) is 2.99. The lowest BCUT2D eigenvalue weighted by Gasteiger charge is -2.63. The summed E-state index contributed by atoms with van der Waals surface area (Å²) in [5.41, 5.74) is -4.51. The Morgan fingerprint density at radius 1 is 1.23 bits per heavy atom. The van der Waals surface area contributed by atoms with Crippen LogP contribution >= 0.6 is 23.4 Å². The summed E-state index contributed by atoms with van der Waals surface area (Å²) in [5, 5.41) is 13.4. The van der Waals surface area contributed by atoms with Gasteiger partial charge in [0.15, 0.2) is 17.1 Å². The van der Waals surface area contributed by atoms with Crippen LogP contribution in [0.5, 0.6) is 0 Å². The molecule has 0 bridgehead atoms. The predicted octanol–water partition coefficient (Wildman–Crippen LogP) is 5.61. The van der Waals surface area contributed by atoms with Crippen LogP contribution in [0.15, 0.2) is 54.1 Å². The maximum atomic E-state index is 17.5. The maximum Gasteiger partial charge on any atom is 0.224 e. The van der Waals surface area contributed by atoms with E-state index in [1.807, 2.05) is 30.2 Å². The molecule has 0 amide bonds. The van der Waals surface area contributed by atoms with E-state index in [1.165, 1.54) is 23.8 Å². The lowest BCUT2D eigenvalue weighted by atomic mass is 9.44. The van der Waals surface area contributed by atoms with Crippen molar-refractivity contribution in [3.05, 3.63) is 59.7 Å². The number of aliphatic hydroxyl groups excluding tert-OH is 1. The highest BCUT2D eigenvalue weighted by molar-refractivity contribution is 8.14. The normalized spacial score (nSPS) is 44.0. The molecule has 0 aromatic heterocycles. The van der Waals surface area contributed by atoms with Gasteiger partial charge in [0.25, 0.3) is 0 Å². The van der Waals surface area contributed by atoms with Crippen molar-refractivity contribution < 1.29 is 28.3 Å². The fourth-order valence-electron chi connectivity index (χ4n) is 9.06. The number of hydrogen-bond acceptors (Lipinski definition) is 6. The lowest BCUT2D eigenvalue weighted by molar-refractivity contribution is -0.263. The Hall–Kier alpha value is -1.58. The van der Waals surface area contributed by atoms with Crippen molar-refractivity contribution in [1.82, 2.24) is 5.06 Å². The fraction of sp³-hybridized carbons (Fsp3) is 0.613. The number of allylic oxidation sites excluding steroid dienone is 4. The number of aliphatic hydroxyl groups is 1. The number of alkyl halides is 3. The van der Waals surface area contributed by atoms with Gasteiger partial charge >= 0.3 is 0 Å². The topological polar surface area (TPSA) is 66.8 Å². The van der Waals surface area contributed by atoms with Gasteiger partial charge in [0.05, 0.1) is 11.3 Å². The quantitative estimate of drug-likeness (QED) is 0.434. The molecule has 216 valence electrons. The monoisotopic (exact) mass is 591 g/mol. The van der Waals surface area contributed by atoms with Crippen molar-refractivity contribution in [2.24, 2.45) is 28.6 Å². The number of hydrogen-bond donors (Lipinski definition) is 1. The molecule has 40 heavy (non-hydrogen) atoms. The van der Waals surface area contributed by atoms with Crippen LogP contribution in [0.25, 0.3) is 0 Å². The molecule has 1 aromatic rings. The first-order valence-electron chi connectivity index (χ1n) is 14.2. The van der Waals surface area contributed by atoms with Gasteiger partial charge in [-0.3, -0.25) is 14.4 Å². The third kappa shape index (κ3) is 3.82. The molecule has 1 heterocycles. The Kier molecular flexibility index (Phi) is 7.14. The van der Waals surface area contributed by atoms with E-state index in [0.717, 1.165) is 24.6 Å². The number of aryl methyl sites for hydroxylation is 1. The van der Waals surface area contributed by atoms with Crippen molar-refractivity contribution in [2.75, 3.05) is 18.3 Å². The second-order valence-electron chi connectivity index (χ2n) is 12.6. The predicted molar refractivity (Wildman–Crippen MR) is 151 cm³/mol. The molecule has 0 radical (unpaired) electrons. The number of nitrogens with zero attached hydrogens (tertiary/aromatic N) is 1. The van der Waals surface area contributed by atoms with Gasteiger partial charge in [0, 0.05) is 35.8 Å². The van der Waals surface area contributed by atoms with Crippen LogP contribution in [-0.2, 0) is 20.8 Å². The van der Waals surface area contributed by atoms with E-state index in [0.29, 0.717) is 19.5 Å². The van der Waals surface area contributed by atoms with Gasteiger partial charge in [-0.15, -0.1) is 11.6 Å². The van der Waals surface area contributed by atoms with Crippen molar-refractivity contribution in [3.8, 4) is 0 Å². The van der Waals surface area contributed by atoms with Gasteiger partial charge in [-0.1, -0.05) is 55.1 Å². The first-order valence-corrected chi connectivity index (χ1v) is 15.7. The molecule has 9 heteroatoms. The number of halogens is 3. The smallest absolute Gasteiger partial charge is 0.224 e. The Morgan fingerprint density at radius 3 is 2.70 bits per heavy atom. The Morgan fingerprint density at radius 2 is 1.98 bits per heavy atom. The molecule has 1 N–H and O–H groups in total. The minimum absolute atomic E-state index is 0.00475. The first-order chi connectivity index (χ1) is 19.0. The summed E-state index contributed by atoms with van der Waals surface area (Å²) in [4.78, 5) is 32.6. The average Bonchev–Trinajstić information content (AvgIpc) is 3.40. The van der Waals surface area contributed by atoms with Crippen LogP contribution in [0.4, 0.5) is 8.78 Å². The Balaban J connectivity index is 1.32. The van der Waals surface area contributed by atoms with Crippen LogP contribution in [0.1, 0.15) is 45.1 Å². The van der Waals surface area contributed by atoms with E-state index in [4.69, 9.17) is 16.4 Å². The van der Waals surface area contributed by atoms with Gasteiger partial charge < -0.3 is 5.11 Å². The van der Waals surface area contributed by atoms with Crippen LogP contribution in [0.2, 0.25) is 0 Å². The standard InChI is InChI=1S/C31H36ClF2NO4S/c1-28-11-10-21(36)14-24(28)25(33)15-23-22-13-20-17-35(12-6-9-19-7-4-3-5-8-19)39-31(20,27(38)40-18-32)29(22,2)16-26(37)30(23,28)34/h3-5,7-8,10-11,14,20,22-23,25-26,37H,6,9,12-13,15-18H2,1-2H3/t20-,22-,23-,25-,26-,28-,29-,30-,31-/m0/s1. The molecular weight excluding hydrogens is 556 g/mol. The SMILES string of the molecule is C[C@]12C=CC(=O)C=C1[C@@H](F)C[C@H]1[C@@H]3C[C@H]4CN(CCCc5ccccc5)O[C@@]4(C(=O)SCCl)[C@@]3(C)C[C@H](O)[C@@]12F. The molecule has 4 fully saturated rings. The number of fused-ring (bicyclic) bond motifs is 7. The molecular formula is C31H36ClF2NO4S. The highest BCUT2D eigenvalue weighted by Gasteiger charge is 2.79. The zero-order valence-corrected chi connectivity index (χ0v) is 24.4. The number of thioether (sulfide) groups is 1. The fourth-order valence-corrected chi connectivity index (χ4v) is 10.1. The number of hydroxylamine groups is 2. The molecule has 5 aliphatic rings. The van der Waals surface area contributed by atoms with Gasteiger partial charge in [-0.25, -0.2) is 8.78 Å². The van der Waals surface area contributed by atoms with Crippen molar-refractivity contribution in [3.63, 3.8) is 0 Å². The Labute approximate surface area is 243 Å². The summed E-state index contributed by atoms with van der Waals surface area (Å²) in [7, 11) is 0. The van der Waals surface area contributed by atoms with Crippen molar-refractivity contribution in [2.45, 2.75) is 69.5 Å². The molecule has 1 aliphatic heterocycles. The molecule has 6 rings (SSSR count). The summed E-state index contributed by atoms with van der Waals surface area (Å²) < 4.78 is 33.3. The highest BCUT2D eigenvalue weighted by atomic mass is 35.5. The van der Waals surface area contributed by atoms with Crippen LogP contribution in [0, 0.1) is 28.6 Å². The van der Waals surface area contributed by atoms with Crippen LogP contribution in [0.3, 0.4) is 0 Å². The number of ketones is 1. The van der Waals surface area contributed by atoms with Crippen LogP contribution < -0.4 is 0 Å². The second kappa shape index (κ2) is 10.0. The third-order valence-electron chi connectivity index (χ3n) is 10.9. The van der Waals surface area contributed by atoms with E-state index < -0.39 is 40.3 Å². The molecule has 5 nitrogen and oxygen atoms in total. The van der Waals surface area contributed by atoms with Gasteiger partial charge in [0.2, 0.25) is 5.12 Å². The number of carbonyl (C=O) groups is 2. The van der Waals surface area contributed by atoms with Gasteiger partial charge in [-0.2, -0.15) is 5.06 Å². The first kappa shape index (κ1) is 28.5. The Bertz CT molecular complexity index is 1260. The van der Waals surface area contributed by atoms with E-state index in [1.54, 1.807) is 6.92 Å². The number of benzene rings is 1. The second-order valence-corrected chi connectivity index (χ2v) is 14.2. The molecule has 0 spiro atoms. The molecule has 3 saturated carbocycles. The highest BCUT2D eigenvalue weighted by Crippen LogP contribution is 2.73. The van der Waals surface area contributed by atoms with Gasteiger partial charge in [-0.05, 0) is 68.2 Å². The zero-order chi connectivity index (χ0) is 28.5. The van der Waals surface area contributed by atoms with Crippen molar-refractivity contribution in [1.29, 1.82) is 0 Å². The summed E-state index contributed by atoms with van der Waals surface area (Å²) in [6.45, 7) is 4.65. The summed E-state index contributed by atoms with van der Waals surface area (Å²) >= 11 is 7.02. The van der Waals surface area contributed by atoms with E-state index in [-0.39, 0.29) is 46.4 Å². The van der Waals surface area contributed by atoms with Crippen LogP contribution in [-0.4, -0.2) is 62.9 Å². The molecule has 9 atom stereocenters. The number of rotatable bonds is 6.